The molecule has 0 bridgehead atoms. The molecular weight excluding hydrogens is 294 g/mol. The molecule has 1 aromatic heterocycles. The summed E-state index contributed by atoms with van der Waals surface area (Å²) in [6.07, 6.45) is 1.16. The Morgan fingerprint density at radius 3 is 2.86 bits per heavy atom. The number of hydrogen-bond acceptors (Lipinski definition) is 3. The first-order valence-corrected chi connectivity index (χ1v) is 7.10. The van der Waals surface area contributed by atoms with Crippen molar-refractivity contribution in [1.29, 1.82) is 0 Å². The predicted octanol–water partition coefficient (Wildman–Crippen LogP) is 3.08. The zero-order chi connectivity index (χ0) is 15.1. The molecule has 1 aliphatic rings. The lowest BCUT2D eigenvalue weighted by molar-refractivity contribution is -0.141. The first-order valence-electron chi connectivity index (χ1n) is 6.72. The van der Waals surface area contributed by atoms with Gasteiger partial charge in [0, 0.05) is 17.5 Å². The van der Waals surface area contributed by atoms with Crippen LogP contribution >= 0.6 is 11.6 Å². The normalized spacial score (nSPS) is 18.4. The smallest absolute Gasteiger partial charge is 0.326 e. The topological polar surface area (TPSA) is 70.8 Å². The van der Waals surface area contributed by atoms with Gasteiger partial charge in [-0.3, -0.25) is 4.79 Å². The van der Waals surface area contributed by atoms with Crippen LogP contribution in [-0.4, -0.2) is 34.5 Å². The maximum Gasteiger partial charge on any atom is 0.326 e. The number of carboxylic acids is 1. The summed E-state index contributed by atoms with van der Waals surface area (Å²) in [5, 5.41) is 10.4. The van der Waals surface area contributed by atoms with Crippen LogP contribution in [0.4, 0.5) is 0 Å². The molecule has 0 radical (unpaired) electrons. The van der Waals surface area contributed by atoms with Crippen molar-refractivity contribution in [3.63, 3.8) is 0 Å². The number of aliphatic carboxylic acids is 1. The summed E-state index contributed by atoms with van der Waals surface area (Å²) >= 11 is 6.07. The van der Waals surface area contributed by atoms with Gasteiger partial charge >= 0.3 is 5.97 Å². The highest BCUT2D eigenvalue weighted by Crippen LogP contribution is 2.32. The van der Waals surface area contributed by atoms with Crippen LogP contribution in [0.2, 0.25) is 5.02 Å². The Kier molecular flexibility index (Phi) is 3.37. The molecule has 2 aromatic rings. The molecule has 1 fully saturated rings. The molecular formula is C15H14ClNO4. The fourth-order valence-corrected chi connectivity index (χ4v) is 3.02. The van der Waals surface area contributed by atoms with E-state index < -0.39 is 12.0 Å². The minimum Gasteiger partial charge on any atom is -0.480 e. The predicted molar refractivity (Wildman–Crippen MR) is 77.7 cm³/mol. The molecule has 1 saturated heterocycles. The molecule has 1 aliphatic heterocycles. The van der Waals surface area contributed by atoms with Gasteiger partial charge in [0.2, 0.25) is 0 Å². The van der Waals surface area contributed by atoms with Gasteiger partial charge in [0.1, 0.15) is 6.04 Å². The molecule has 0 aliphatic carbocycles. The molecule has 1 N–H and O–H groups in total. The van der Waals surface area contributed by atoms with E-state index in [0.29, 0.717) is 35.6 Å². The van der Waals surface area contributed by atoms with E-state index in [9.17, 15) is 14.7 Å². The van der Waals surface area contributed by atoms with Gasteiger partial charge in [-0.1, -0.05) is 23.7 Å². The molecule has 0 spiro atoms. The zero-order valence-electron chi connectivity index (χ0n) is 11.4. The number of carbonyl (C=O) groups excluding carboxylic acids is 1. The number of carboxylic acid groups (broad SMARTS) is 1. The number of rotatable bonds is 2. The molecule has 0 saturated carbocycles. The Labute approximate surface area is 126 Å². The first kappa shape index (κ1) is 13.9. The second-order valence-electron chi connectivity index (χ2n) is 5.17. The van der Waals surface area contributed by atoms with Crippen LogP contribution in [0.3, 0.4) is 0 Å². The second-order valence-corrected chi connectivity index (χ2v) is 5.57. The average Bonchev–Trinajstić information content (AvgIpc) is 3.05. The van der Waals surface area contributed by atoms with Gasteiger partial charge in [0.05, 0.1) is 5.02 Å². The summed E-state index contributed by atoms with van der Waals surface area (Å²) < 4.78 is 5.62. The Morgan fingerprint density at radius 1 is 1.43 bits per heavy atom. The van der Waals surface area contributed by atoms with E-state index in [0.717, 1.165) is 5.39 Å². The summed E-state index contributed by atoms with van der Waals surface area (Å²) in [4.78, 5) is 25.2. The standard InChI is InChI=1S/C15H14ClNO4/c1-8-9-4-2-5-10(16)13(9)21-12(8)14(18)17-7-3-6-11(17)15(19)20/h2,4-5,11H,3,6-7H2,1H3,(H,19,20)/t11-/m1/s1. The number of halogens is 1. The highest BCUT2D eigenvalue weighted by molar-refractivity contribution is 6.35. The van der Waals surface area contributed by atoms with Gasteiger partial charge < -0.3 is 14.4 Å². The van der Waals surface area contributed by atoms with Crippen LogP contribution in [0.1, 0.15) is 29.0 Å². The Hall–Kier alpha value is -2.01. The largest absolute Gasteiger partial charge is 0.480 e. The summed E-state index contributed by atoms with van der Waals surface area (Å²) in [5.41, 5.74) is 1.15. The molecule has 1 amide bonds. The molecule has 21 heavy (non-hydrogen) atoms. The number of para-hydroxylation sites is 1. The van der Waals surface area contributed by atoms with Crippen LogP contribution in [0.15, 0.2) is 22.6 Å². The van der Waals surface area contributed by atoms with E-state index in [-0.39, 0.29) is 11.7 Å². The minimum absolute atomic E-state index is 0.172. The number of carbonyl (C=O) groups is 2. The van der Waals surface area contributed by atoms with E-state index in [1.54, 1.807) is 19.1 Å². The summed E-state index contributed by atoms with van der Waals surface area (Å²) in [5.74, 6) is -1.19. The zero-order valence-corrected chi connectivity index (χ0v) is 12.2. The van der Waals surface area contributed by atoms with Gasteiger partial charge in [-0.25, -0.2) is 4.79 Å². The molecule has 1 atom stereocenters. The number of furan rings is 1. The van der Waals surface area contributed by atoms with Gasteiger partial charge in [-0.15, -0.1) is 0 Å². The van der Waals surface area contributed by atoms with E-state index in [1.807, 2.05) is 6.07 Å². The number of aryl methyl sites for hydroxylation is 1. The number of fused-ring (bicyclic) bond motifs is 1. The number of benzene rings is 1. The van der Waals surface area contributed by atoms with Crippen molar-refractivity contribution in [2.45, 2.75) is 25.8 Å². The van der Waals surface area contributed by atoms with Crippen molar-refractivity contribution in [3.8, 4) is 0 Å². The lowest BCUT2D eigenvalue weighted by Crippen LogP contribution is -2.40. The van der Waals surface area contributed by atoms with Crippen molar-refractivity contribution < 1.29 is 19.1 Å². The number of nitrogens with zero attached hydrogens (tertiary/aromatic N) is 1. The molecule has 3 rings (SSSR count). The number of hydrogen-bond donors (Lipinski definition) is 1. The fraction of sp³-hybridized carbons (Fsp3) is 0.333. The molecule has 0 unspecified atom stereocenters. The highest BCUT2D eigenvalue weighted by Gasteiger charge is 2.36. The van der Waals surface area contributed by atoms with Crippen LogP contribution < -0.4 is 0 Å². The van der Waals surface area contributed by atoms with Crippen LogP contribution in [-0.2, 0) is 4.79 Å². The first-order chi connectivity index (χ1) is 10.0. The van der Waals surface area contributed by atoms with Crippen LogP contribution in [0, 0.1) is 6.92 Å². The minimum atomic E-state index is -0.979. The van der Waals surface area contributed by atoms with Gasteiger partial charge in [-0.2, -0.15) is 0 Å². The van der Waals surface area contributed by atoms with Gasteiger partial charge in [0.25, 0.3) is 5.91 Å². The fourth-order valence-electron chi connectivity index (χ4n) is 2.81. The van der Waals surface area contributed by atoms with Gasteiger partial charge in [0.15, 0.2) is 11.3 Å². The molecule has 5 nitrogen and oxygen atoms in total. The number of likely N-dealkylation sites (tertiary alicyclic amines) is 1. The van der Waals surface area contributed by atoms with Crippen molar-refractivity contribution in [1.82, 2.24) is 4.90 Å². The summed E-state index contributed by atoms with van der Waals surface area (Å²) in [7, 11) is 0. The molecule has 110 valence electrons. The summed E-state index contributed by atoms with van der Waals surface area (Å²) in [6, 6.07) is 4.53. The SMILES string of the molecule is Cc1c(C(=O)N2CCC[C@@H]2C(=O)O)oc2c(Cl)cccc12. The third-order valence-electron chi connectivity index (χ3n) is 3.91. The van der Waals surface area contributed by atoms with E-state index in [2.05, 4.69) is 0 Å². The monoisotopic (exact) mass is 307 g/mol. The average molecular weight is 308 g/mol. The highest BCUT2D eigenvalue weighted by atomic mass is 35.5. The maximum absolute atomic E-state index is 12.6. The Morgan fingerprint density at radius 2 is 2.19 bits per heavy atom. The lowest BCUT2D eigenvalue weighted by atomic mass is 10.1. The Bertz CT molecular complexity index is 737. The van der Waals surface area contributed by atoms with Crippen LogP contribution in [0.25, 0.3) is 11.0 Å². The van der Waals surface area contributed by atoms with Crippen molar-refractivity contribution in [2.24, 2.45) is 0 Å². The second kappa shape index (κ2) is 5.07. The summed E-state index contributed by atoms with van der Waals surface area (Å²) in [6.45, 7) is 2.21. The number of amides is 1. The lowest BCUT2D eigenvalue weighted by Gasteiger charge is -2.20. The molecule has 1 aromatic carbocycles. The van der Waals surface area contributed by atoms with Crippen molar-refractivity contribution in [2.75, 3.05) is 6.54 Å². The van der Waals surface area contributed by atoms with Crippen molar-refractivity contribution in [3.05, 3.63) is 34.5 Å². The Balaban J connectivity index is 2.04. The molecule has 6 heteroatoms. The maximum atomic E-state index is 12.6. The van der Waals surface area contributed by atoms with E-state index in [1.165, 1.54) is 4.90 Å². The molecule has 2 heterocycles. The van der Waals surface area contributed by atoms with Gasteiger partial charge in [-0.05, 0) is 25.8 Å². The van der Waals surface area contributed by atoms with Crippen LogP contribution in [0.5, 0.6) is 0 Å². The third-order valence-corrected chi connectivity index (χ3v) is 4.21. The van der Waals surface area contributed by atoms with E-state index in [4.69, 9.17) is 16.0 Å². The van der Waals surface area contributed by atoms with E-state index >= 15 is 0 Å². The third kappa shape index (κ3) is 2.17. The quantitative estimate of drug-likeness (QED) is 0.925. The van der Waals surface area contributed by atoms with Crippen molar-refractivity contribution >= 4 is 34.4 Å².